The van der Waals surface area contributed by atoms with Crippen LogP contribution in [0.15, 0.2) is 0 Å². The van der Waals surface area contributed by atoms with Crippen molar-refractivity contribution in [3.8, 4) is 0 Å². The summed E-state index contributed by atoms with van der Waals surface area (Å²) in [6.45, 7) is 5.79. The molecule has 0 aromatic heterocycles. The first-order valence-corrected chi connectivity index (χ1v) is 7.92. The maximum atomic E-state index is 12.4. The van der Waals surface area contributed by atoms with Gasteiger partial charge in [0.1, 0.15) is 12.1 Å². The van der Waals surface area contributed by atoms with Crippen molar-refractivity contribution in [2.75, 3.05) is 6.54 Å². The van der Waals surface area contributed by atoms with E-state index in [2.05, 4.69) is 5.32 Å². The van der Waals surface area contributed by atoms with E-state index in [1.165, 1.54) is 11.8 Å². The van der Waals surface area contributed by atoms with Crippen LogP contribution in [-0.4, -0.2) is 63.7 Å². The van der Waals surface area contributed by atoms with Gasteiger partial charge in [-0.2, -0.15) is 0 Å². The van der Waals surface area contributed by atoms with Crippen LogP contribution in [0.5, 0.6) is 0 Å². The van der Waals surface area contributed by atoms with Crippen LogP contribution in [0, 0.1) is 5.92 Å². The molecule has 1 heterocycles. The molecule has 4 atom stereocenters. The Morgan fingerprint density at radius 3 is 2.35 bits per heavy atom. The Morgan fingerprint density at radius 1 is 1.26 bits per heavy atom. The van der Waals surface area contributed by atoms with E-state index in [9.17, 15) is 19.5 Å². The fourth-order valence-corrected chi connectivity index (χ4v) is 2.94. The number of carbonyl (C=O) groups excluding carboxylic acids is 1. The topological polar surface area (TPSA) is 133 Å². The predicted molar refractivity (Wildman–Crippen MR) is 83.8 cm³/mol. The van der Waals surface area contributed by atoms with E-state index in [1.807, 2.05) is 13.8 Å². The average molecular weight is 329 g/mol. The molecular formula is C15H27N3O5. The number of carboxylic acid groups (broad SMARTS) is 2. The lowest BCUT2D eigenvalue weighted by Crippen LogP contribution is -2.58. The molecule has 3 unspecified atom stereocenters. The Kier molecular flexibility index (Phi) is 6.96. The zero-order chi connectivity index (χ0) is 17.7. The van der Waals surface area contributed by atoms with Crippen molar-refractivity contribution in [1.29, 1.82) is 0 Å². The van der Waals surface area contributed by atoms with Gasteiger partial charge in [-0.1, -0.05) is 13.8 Å². The third kappa shape index (κ3) is 5.18. The SMILES string of the molecule is CC(C)CC(N)C(NC(C)C(=O)N1CCC[C@H]1C(=O)O)C(=O)O. The molecule has 0 aromatic carbocycles. The van der Waals surface area contributed by atoms with Crippen LogP contribution in [0.3, 0.4) is 0 Å². The van der Waals surface area contributed by atoms with Crippen LogP contribution in [0.25, 0.3) is 0 Å². The highest BCUT2D eigenvalue weighted by atomic mass is 16.4. The van der Waals surface area contributed by atoms with E-state index in [0.29, 0.717) is 25.8 Å². The molecule has 1 rings (SSSR count). The molecule has 1 amide bonds. The third-order valence-corrected chi connectivity index (χ3v) is 4.06. The van der Waals surface area contributed by atoms with Gasteiger partial charge in [0, 0.05) is 12.6 Å². The maximum absolute atomic E-state index is 12.4. The standard InChI is InChI=1S/C15H27N3O5/c1-8(2)7-10(16)12(15(22)23)17-9(3)13(19)18-6-4-5-11(18)14(20)21/h8-12,17H,4-7,16H2,1-3H3,(H,20,21)(H,22,23)/t9?,10?,11-,12?/m0/s1. The average Bonchev–Trinajstić information content (AvgIpc) is 2.91. The molecule has 1 aliphatic rings. The van der Waals surface area contributed by atoms with Crippen LogP contribution in [0.4, 0.5) is 0 Å². The van der Waals surface area contributed by atoms with Gasteiger partial charge in [0.25, 0.3) is 0 Å². The second kappa shape index (κ2) is 8.26. The summed E-state index contributed by atoms with van der Waals surface area (Å²) in [4.78, 5) is 36.3. The minimum atomic E-state index is -1.12. The van der Waals surface area contributed by atoms with Crippen LogP contribution in [-0.2, 0) is 14.4 Å². The van der Waals surface area contributed by atoms with Crippen molar-refractivity contribution in [1.82, 2.24) is 10.2 Å². The van der Waals surface area contributed by atoms with E-state index >= 15 is 0 Å². The third-order valence-electron chi connectivity index (χ3n) is 4.06. The normalized spacial score (nSPS) is 22.0. The summed E-state index contributed by atoms with van der Waals surface area (Å²) >= 11 is 0. The Morgan fingerprint density at radius 2 is 1.87 bits per heavy atom. The number of nitrogens with two attached hydrogens (primary N) is 1. The summed E-state index contributed by atoms with van der Waals surface area (Å²) in [6.07, 6.45) is 1.56. The van der Waals surface area contributed by atoms with Gasteiger partial charge in [-0.25, -0.2) is 4.79 Å². The fourth-order valence-electron chi connectivity index (χ4n) is 2.94. The molecule has 1 aliphatic heterocycles. The van der Waals surface area contributed by atoms with Gasteiger partial charge < -0.3 is 20.8 Å². The summed E-state index contributed by atoms with van der Waals surface area (Å²) in [5, 5.41) is 21.2. The Labute approximate surface area is 136 Å². The Hall–Kier alpha value is -1.67. The fraction of sp³-hybridized carbons (Fsp3) is 0.800. The lowest BCUT2D eigenvalue weighted by Gasteiger charge is -2.29. The highest BCUT2D eigenvalue weighted by Crippen LogP contribution is 2.18. The molecule has 132 valence electrons. The molecule has 0 bridgehead atoms. The highest BCUT2D eigenvalue weighted by Gasteiger charge is 2.37. The first kappa shape index (κ1) is 19.4. The summed E-state index contributed by atoms with van der Waals surface area (Å²) in [5.74, 6) is -2.32. The quantitative estimate of drug-likeness (QED) is 0.487. The Bertz CT molecular complexity index is 454. The smallest absolute Gasteiger partial charge is 0.326 e. The molecule has 1 fully saturated rings. The number of nitrogens with zero attached hydrogens (tertiary/aromatic N) is 1. The second-order valence-corrected chi connectivity index (χ2v) is 6.53. The van der Waals surface area contributed by atoms with Gasteiger partial charge in [0.05, 0.1) is 6.04 Å². The number of likely N-dealkylation sites (tertiary alicyclic amines) is 1. The number of carbonyl (C=O) groups is 3. The highest BCUT2D eigenvalue weighted by molar-refractivity contribution is 5.88. The van der Waals surface area contributed by atoms with Crippen LogP contribution in [0.2, 0.25) is 0 Å². The van der Waals surface area contributed by atoms with Crippen molar-refractivity contribution in [3.63, 3.8) is 0 Å². The molecular weight excluding hydrogens is 302 g/mol. The Balaban J connectivity index is 2.74. The minimum Gasteiger partial charge on any atom is -0.480 e. The summed E-state index contributed by atoms with van der Waals surface area (Å²) in [5.41, 5.74) is 5.93. The molecule has 1 saturated heterocycles. The number of nitrogens with one attached hydrogen (secondary N) is 1. The zero-order valence-electron chi connectivity index (χ0n) is 13.9. The molecule has 23 heavy (non-hydrogen) atoms. The minimum absolute atomic E-state index is 0.231. The van der Waals surface area contributed by atoms with Crippen molar-refractivity contribution in [2.45, 2.75) is 64.2 Å². The van der Waals surface area contributed by atoms with E-state index in [1.54, 1.807) is 0 Å². The number of carboxylic acids is 2. The van der Waals surface area contributed by atoms with Crippen molar-refractivity contribution >= 4 is 17.8 Å². The van der Waals surface area contributed by atoms with Crippen LogP contribution in [0.1, 0.15) is 40.0 Å². The second-order valence-electron chi connectivity index (χ2n) is 6.53. The zero-order valence-corrected chi connectivity index (χ0v) is 13.9. The van der Waals surface area contributed by atoms with Crippen molar-refractivity contribution in [3.05, 3.63) is 0 Å². The number of aliphatic carboxylic acids is 2. The lowest BCUT2D eigenvalue weighted by molar-refractivity contribution is -0.149. The molecule has 5 N–H and O–H groups in total. The number of hydrogen-bond acceptors (Lipinski definition) is 5. The summed E-state index contributed by atoms with van der Waals surface area (Å²) in [6, 6.07) is -3.33. The first-order valence-electron chi connectivity index (χ1n) is 7.92. The molecule has 0 spiro atoms. The maximum Gasteiger partial charge on any atom is 0.326 e. The van der Waals surface area contributed by atoms with Gasteiger partial charge in [-0.3, -0.25) is 14.9 Å². The predicted octanol–water partition coefficient (Wildman–Crippen LogP) is -0.133. The molecule has 0 aliphatic carbocycles. The van der Waals surface area contributed by atoms with Crippen molar-refractivity contribution in [2.24, 2.45) is 11.7 Å². The molecule has 0 saturated carbocycles. The summed E-state index contributed by atoms with van der Waals surface area (Å²) in [7, 11) is 0. The first-order chi connectivity index (χ1) is 10.6. The van der Waals surface area contributed by atoms with E-state index < -0.39 is 42.0 Å². The lowest BCUT2D eigenvalue weighted by atomic mass is 9.97. The van der Waals surface area contributed by atoms with E-state index in [0.717, 1.165) is 0 Å². The largest absolute Gasteiger partial charge is 0.480 e. The van der Waals surface area contributed by atoms with Gasteiger partial charge in [-0.15, -0.1) is 0 Å². The van der Waals surface area contributed by atoms with Gasteiger partial charge >= 0.3 is 11.9 Å². The number of rotatable bonds is 8. The number of hydrogen-bond donors (Lipinski definition) is 4. The molecule has 0 aromatic rings. The molecule has 8 heteroatoms. The van der Waals surface area contributed by atoms with Crippen molar-refractivity contribution < 1.29 is 24.6 Å². The van der Waals surface area contributed by atoms with Gasteiger partial charge in [0.2, 0.25) is 5.91 Å². The molecule has 8 nitrogen and oxygen atoms in total. The van der Waals surface area contributed by atoms with Crippen LogP contribution < -0.4 is 11.1 Å². The van der Waals surface area contributed by atoms with Gasteiger partial charge in [0.15, 0.2) is 0 Å². The van der Waals surface area contributed by atoms with Gasteiger partial charge in [-0.05, 0) is 32.1 Å². The monoisotopic (exact) mass is 329 g/mol. The summed E-state index contributed by atoms with van der Waals surface area (Å²) < 4.78 is 0. The molecule has 0 radical (unpaired) electrons. The van der Waals surface area contributed by atoms with E-state index in [4.69, 9.17) is 10.8 Å². The van der Waals surface area contributed by atoms with Crippen LogP contribution >= 0.6 is 0 Å². The van der Waals surface area contributed by atoms with E-state index in [-0.39, 0.29) is 5.92 Å². The number of amides is 1.